The lowest BCUT2D eigenvalue weighted by Crippen LogP contribution is -2.61. The number of hydrogen-bond acceptors (Lipinski definition) is 6. The SMILES string of the molecule is CC1(C)C[C@H](O)C[C@@H]2[C@@H](O)[C@@H](O)[C@H](O)[C@H](O)CN21. The van der Waals surface area contributed by atoms with E-state index in [1.54, 1.807) is 0 Å². The Hall–Kier alpha value is -0.240. The van der Waals surface area contributed by atoms with Gasteiger partial charge in [-0.1, -0.05) is 0 Å². The van der Waals surface area contributed by atoms with E-state index in [4.69, 9.17) is 0 Å². The summed E-state index contributed by atoms with van der Waals surface area (Å²) < 4.78 is 0. The molecule has 5 N–H and O–H groups in total. The molecule has 2 fully saturated rings. The van der Waals surface area contributed by atoms with Crippen LogP contribution in [-0.4, -0.2) is 79.1 Å². The van der Waals surface area contributed by atoms with Crippen molar-refractivity contribution in [1.29, 1.82) is 0 Å². The molecule has 2 rings (SSSR count). The Morgan fingerprint density at radius 3 is 2.17 bits per heavy atom. The summed E-state index contributed by atoms with van der Waals surface area (Å²) in [7, 11) is 0. The first kappa shape index (κ1) is 14.2. The maximum Gasteiger partial charge on any atom is 0.110 e. The molecule has 2 aliphatic heterocycles. The van der Waals surface area contributed by atoms with E-state index in [0.717, 1.165) is 0 Å². The lowest BCUT2D eigenvalue weighted by Gasteiger charge is -2.50. The molecule has 2 heterocycles. The molecule has 0 aromatic heterocycles. The number of rotatable bonds is 0. The van der Waals surface area contributed by atoms with Gasteiger partial charge in [0.25, 0.3) is 0 Å². The summed E-state index contributed by atoms with van der Waals surface area (Å²) in [5.41, 5.74) is -0.395. The normalized spacial score (nSPS) is 49.5. The van der Waals surface area contributed by atoms with Gasteiger partial charge in [0.05, 0.1) is 18.3 Å². The predicted molar refractivity (Wildman–Crippen MR) is 63.8 cm³/mol. The van der Waals surface area contributed by atoms with Gasteiger partial charge in [0, 0.05) is 18.1 Å². The smallest absolute Gasteiger partial charge is 0.110 e. The summed E-state index contributed by atoms with van der Waals surface area (Å²) >= 11 is 0. The minimum absolute atomic E-state index is 0.180. The monoisotopic (exact) mass is 261 g/mol. The lowest BCUT2D eigenvalue weighted by atomic mass is 9.82. The van der Waals surface area contributed by atoms with E-state index in [0.29, 0.717) is 12.8 Å². The Balaban J connectivity index is 2.32. The number of fused-ring (bicyclic) bond motifs is 1. The van der Waals surface area contributed by atoms with Crippen LogP contribution in [0.5, 0.6) is 0 Å². The average Bonchev–Trinajstić information content (AvgIpc) is 2.34. The van der Waals surface area contributed by atoms with E-state index in [1.165, 1.54) is 0 Å². The van der Waals surface area contributed by atoms with Crippen LogP contribution >= 0.6 is 0 Å². The lowest BCUT2D eigenvalue weighted by molar-refractivity contribution is -0.114. The predicted octanol–water partition coefficient (Wildman–Crippen LogP) is -1.95. The van der Waals surface area contributed by atoms with Crippen molar-refractivity contribution in [2.45, 2.75) is 68.8 Å². The van der Waals surface area contributed by atoms with Crippen LogP contribution in [0.4, 0.5) is 0 Å². The second-order valence-corrected chi connectivity index (χ2v) is 6.16. The minimum atomic E-state index is -1.39. The largest absolute Gasteiger partial charge is 0.393 e. The first-order valence-electron chi connectivity index (χ1n) is 6.41. The molecule has 0 saturated carbocycles. The van der Waals surface area contributed by atoms with Crippen LogP contribution < -0.4 is 0 Å². The van der Waals surface area contributed by atoms with E-state index < -0.39 is 42.1 Å². The zero-order chi connectivity index (χ0) is 13.7. The Labute approximate surface area is 106 Å². The van der Waals surface area contributed by atoms with Gasteiger partial charge in [-0.25, -0.2) is 0 Å². The van der Waals surface area contributed by atoms with E-state index in [-0.39, 0.29) is 6.54 Å². The second kappa shape index (κ2) is 4.70. The van der Waals surface area contributed by atoms with Crippen molar-refractivity contribution in [2.24, 2.45) is 0 Å². The fourth-order valence-corrected chi connectivity index (χ4v) is 3.31. The summed E-state index contributed by atoms with van der Waals surface area (Å²) in [6.45, 7) is 4.03. The Bertz CT molecular complexity index is 311. The average molecular weight is 261 g/mol. The number of nitrogens with zero attached hydrogens (tertiary/aromatic N) is 1. The van der Waals surface area contributed by atoms with Crippen LogP contribution in [0.3, 0.4) is 0 Å². The zero-order valence-corrected chi connectivity index (χ0v) is 10.8. The molecule has 106 valence electrons. The van der Waals surface area contributed by atoms with E-state index in [9.17, 15) is 25.5 Å². The summed E-state index contributed by atoms with van der Waals surface area (Å²) in [6, 6.07) is -0.453. The zero-order valence-electron chi connectivity index (χ0n) is 10.8. The summed E-state index contributed by atoms with van der Waals surface area (Å²) in [4.78, 5) is 1.88. The van der Waals surface area contributed by atoms with Gasteiger partial charge in [-0.05, 0) is 26.7 Å². The molecule has 6 heteroatoms. The Morgan fingerprint density at radius 1 is 0.944 bits per heavy atom. The molecule has 0 radical (unpaired) electrons. The van der Waals surface area contributed by atoms with Gasteiger partial charge in [-0.15, -0.1) is 0 Å². The van der Waals surface area contributed by atoms with Crippen LogP contribution in [0.15, 0.2) is 0 Å². The number of β-amino-alcohol motifs (C(OH)–C–C–N with tert-alkyl or cyclic N) is 1. The highest BCUT2D eigenvalue weighted by Crippen LogP contribution is 2.36. The van der Waals surface area contributed by atoms with Crippen LogP contribution in [0, 0.1) is 0 Å². The van der Waals surface area contributed by atoms with Gasteiger partial charge in [0.2, 0.25) is 0 Å². The van der Waals surface area contributed by atoms with Crippen LogP contribution in [0.1, 0.15) is 26.7 Å². The molecule has 0 unspecified atom stereocenters. The molecule has 0 aromatic carbocycles. The van der Waals surface area contributed by atoms with Crippen LogP contribution in [0.25, 0.3) is 0 Å². The molecule has 6 nitrogen and oxygen atoms in total. The van der Waals surface area contributed by atoms with Crippen molar-refractivity contribution in [1.82, 2.24) is 4.90 Å². The third-order valence-electron chi connectivity index (χ3n) is 4.30. The molecule has 2 aliphatic rings. The fourth-order valence-electron chi connectivity index (χ4n) is 3.31. The molecular weight excluding hydrogens is 238 g/mol. The second-order valence-electron chi connectivity index (χ2n) is 6.16. The van der Waals surface area contributed by atoms with Gasteiger partial charge >= 0.3 is 0 Å². The van der Waals surface area contributed by atoms with E-state index >= 15 is 0 Å². The fraction of sp³-hybridized carbons (Fsp3) is 1.00. The molecule has 0 bridgehead atoms. The van der Waals surface area contributed by atoms with Crippen molar-refractivity contribution >= 4 is 0 Å². The first-order chi connectivity index (χ1) is 8.24. The van der Waals surface area contributed by atoms with Crippen molar-refractivity contribution in [3.63, 3.8) is 0 Å². The van der Waals surface area contributed by atoms with E-state index in [2.05, 4.69) is 0 Å². The summed E-state index contributed by atoms with van der Waals surface area (Å²) in [5, 5.41) is 49.4. The number of hydrogen-bond donors (Lipinski definition) is 5. The number of piperidine rings is 1. The molecule has 0 spiro atoms. The molecule has 2 saturated heterocycles. The van der Waals surface area contributed by atoms with Crippen molar-refractivity contribution in [3.05, 3.63) is 0 Å². The van der Waals surface area contributed by atoms with Crippen molar-refractivity contribution < 1.29 is 25.5 Å². The third kappa shape index (κ3) is 2.29. The highest BCUT2D eigenvalue weighted by molar-refractivity contribution is 5.04. The molecule has 0 aromatic rings. The van der Waals surface area contributed by atoms with Gasteiger partial charge in [-0.3, -0.25) is 4.90 Å². The van der Waals surface area contributed by atoms with Crippen molar-refractivity contribution in [3.8, 4) is 0 Å². The van der Waals surface area contributed by atoms with E-state index in [1.807, 2.05) is 18.7 Å². The van der Waals surface area contributed by atoms with Crippen LogP contribution in [0.2, 0.25) is 0 Å². The summed E-state index contributed by atoms with van der Waals surface area (Å²) in [6.07, 6.45) is -4.71. The highest BCUT2D eigenvalue weighted by Gasteiger charge is 2.50. The number of aliphatic hydroxyl groups is 5. The number of aliphatic hydroxyl groups excluding tert-OH is 5. The summed E-state index contributed by atoms with van der Waals surface area (Å²) in [5.74, 6) is 0. The van der Waals surface area contributed by atoms with Gasteiger partial charge in [0.1, 0.15) is 12.2 Å². The maximum atomic E-state index is 10.1. The topological polar surface area (TPSA) is 104 Å². The standard InChI is InChI=1S/C12H23NO5/c1-12(2)4-6(14)3-7-9(16)11(18)10(17)8(15)5-13(7)12/h6-11,14-18H,3-5H2,1-2H3/t6-,7-,8-,9-,10-,11-/m1/s1. The van der Waals surface area contributed by atoms with Gasteiger partial charge in [0.15, 0.2) is 0 Å². The molecule has 0 amide bonds. The Morgan fingerprint density at radius 2 is 1.56 bits per heavy atom. The third-order valence-corrected chi connectivity index (χ3v) is 4.30. The first-order valence-corrected chi connectivity index (χ1v) is 6.41. The van der Waals surface area contributed by atoms with Gasteiger partial charge in [-0.2, -0.15) is 0 Å². The highest BCUT2D eigenvalue weighted by atomic mass is 16.4. The Kier molecular flexibility index (Phi) is 3.70. The van der Waals surface area contributed by atoms with Gasteiger partial charge < -0.3 is 25.5 Å². The van der Waals surface area contributed by atoms with Crippen molar-refractivity contribution in [2.75, 3.05) is 6.54 Å². The molecular formula is C12H23NO5. The molecule has 0 aliphatic carbocycles. The quantitative estimate of drug-likeness (QED) is 0.347. The minimum Gasteiger partial charge on any atom is -0.393 e. The maximum absolute atomic E-state index is 10.1. The molecule has 18 heavy (non-hydrogen) atoms. The van der Waals surface area contributed by atoms with Crippen LogP contribution in [-0.2, 0) is 0 Å². The molecule has 6 atom stereocenters.